The molecule has 1 atom stereocenters. The fourth-order valence-corrected chi connectivity index (χ4v) is 1.92. The molecule has 5 nitrogen and oxygen atoms in total. The maximum absolute atomic E-state index is 6.12. The third-order valence-electron chi connectivity index (χ3n) is 3.14. The van der Waals surface area contributed by atoms with Crippen molar-refractivity contribution < 1.29 is 9.26 Å². The Labute approximate surface area is 95.3 Å². The van der Waals surface area contributed by atoms with Crippen LogP contribution >= 0.6 is 0 Å². The van der Waals surface area contributed by atoms with Crippen molar-refractivity contribution in [2.75, 3.05) is 6.61 Å². The van der Waals surface area contributed by atoms with Crippen LogP contribution in [-0.4, -0.2) is 16.7 Å². The van der Waals surface area contributed by atoms with Crippen molar-refractivity contribution in [3.8, 4) is 0 Å². The van der Waals surface area contributed by atoms with Crippen molar-refractivity contribution in [1.82, 2.24) is 10.1 Å². The van der Waals surface area contributed by atoms with Gasteiger partial charge in [-0.05, 0) is 32.6 Å². The summed E-state index contributed by atoms with van der Waals surface area (Å²) in [5.74, 6) is 1.18. The zero-order valence-corrected chi connectivity index (χ0v) is 9.90. The van der Waals surface area contributed by atoms with Gasteiger partial charge in [-0.15, -0.1) is 0 Å². The van der Waals surface area contributed by atoms with E-state index in [2.05, 4.69) is 10.1 Å². The Balaban J connectivity index is 2.11. The molecule has 0 saturated heterocycles. The zero-order chi connectivity index (χ0) is 11.6. The fraction of sp³-hybridized carbons (Fsp3) is 0.818. The van der Waals surface area contributed by atoms with Crippen LogP contribution in [0.2, 0.25) is 0 Å². The lowest BCUT2D eigenvalue weighted by Crippen LogP contribution is -2.43. The molecule has 1 fully saturated rings. The molecule has 0 radical (unpaired) electrons. The highest BCUT2D eigenvalue weighted by molar-refractivity contribution is 5.07. The van der Waals surface area contributed by atoms with E-state index in [0.29, 0.717) is 18.3 Å². The van der Waals surface area contributed by atoms with Gasteiger partial charge in [0.15, 0.2) is 0 Å². The SMILES string of the molecule is CCOC(CC)c1noc(C2(N)CCC2)n1. The first kappa shape index (κ1) is 11.5. The quantitative estimate of drug-likeness (QED) is 0.828. The Morgan fingerprint density at radius 2 is 2.25 bits per heavy atom. The molecule has 0 aromatic carbocycles. The highest BCUT2D eigenvalue weighted by Gasteiger charge is 2.40. The van der Waals surface area contributed by atoms with Gasteiger partial charge in [0.1, 0.15) is 6.10 Å². The predicted octanol–water partition coefficient (Wildman–Crippen LogP) is 1.90. The number of hydrogen-bond acceptors (Lipinski definition) is 5. The van der Waals surface area contributed by atoms with Crippen molar-refractivity contribution in [3.05, 3.63) is 11.7 Å². The lowest BCUT2D eigenvalue weighted by molar-refractivity contribution is 0.0518. The minimum absolute atomic E-state index is 0.0776. The Hall–Kier alpha value is -0.940. The summed E-state index contributed by atoms with van der Waals surface area (Å²) in [5, 5.41) is 3.96. The molecule has 1 aliphatic rings. The number of rotatable bonds is 5. The van der Waals surface area contributed by atoms with Gasteiger partial charge in [0, 0.05) is 6.61 Å². The van der Waals surface area contributed by atoms with Crippen LogP contribution in [-0.2, 0) is 10.3 Å². The van der Waals surface area contributed by atoms with Crippen LogP contribution in [0.1, 0.15) is 57.3 Å². The van der Waals surface area contributed by atoms with Crippen LogP contribution in [0.25, 0.3) is 0 Å². The highest BCUT2D eigenvalue weighted by Crippen LogP contribution is 2.38. The first-order valence-corrected chi connectivity index (χ1v) is 5.94. The maximum Gasteiger partial charge on any atom is 0.246 e. The van der Waals surface area contributed by atoms with Gasteiger partial charge < -0.3 is 15.0 Å². The molecule has 0 amide bonds. The van der Waals surface area contributed by atoms with Crippen LogP contribution in [0.15, 0.2) is 4.52 Å². The van der Waals surface area contributed by atoms with Crippen LogP contribution in [0.4, 0.5) is 0 Å². The fourth-order valence-electron chi connectivity index (χ4n) is 1.92. The molecular weight excluding hydrogens is 206 g/mol. The molecule has 2 N–H and O–H groups in total. The largest absolute Gasteiger partial charge is 0.370 e. The van der Waals surface area contributed by atoms with Crippen molar-refractivity contribution in [1.29, 1.82) is 0 Å². The smallest absolute Gasteiger partial charge is 0.246 e. The van der Waals surface area contributed by atoms with Crippen molar-refractivity contribution >= 4 is 0 Å². The summed E-state index contributed by atoms with van der Waals surface area (Å²) in [7, 11) is 0. The first-order chi connectivity index (χ1) is 7.69. The number of nitrogens with two attached hydrogens (primary N) is 1. The molecule has 0 aliphatic heterocycles. The Morgan fingerprint density at radius 1 is 1.50 bits per heavy atom. The minimum Gasteiger partial charge on any atom is -0.370 e. The van der Waals surface area contributed by atoms with E-state index in [0.717, 1.165) is 25.7 Å². The summed E-state index contributed by atoms with van der Waals surface area (Å²) in [5.41, 5.74) is 5.74. The monoisotopic (exact) mass is 225 g/mol. The van der Waals surface area contributed by atoms with Gasteiger partial charge in [0.2, 0.25) is 11.7 Å². The van der Waals surface area contributed by atoms with E-state index in [-0.39, 0.29) is 11.6 Å². The van der Waals surface area contributed by atoms with Gasteiger partial charge in [-0.2, -0.15) is 4.98 Å². The molecule has 0 spiro atoms. The van der Waals surface area contributed by atoms with E-state index in [9.17, 15) is 0 Å². The van der Waals surface area contributed by atoms with Gasteiger partial charge in [-0.25, -0.2) is 0 Å². The lowest BCUT2D eigenvalue weighted by atomic mass is 9.78. The van der Waals surface area contributed by atoms with E-state index >= 15 is 0 Å². The van der Waals surface area contributed by atoms with Crippen molar-refractivity contribution in [3.63, 3.8) is 0 Å². The van der Waals surface area contributed by atoms with Crippen LogP contribution in [0.3, 0.4) is 0 Å². The highest BCUT2D eigenvalue weighted by atomic mass is 16.5. The van der Waals surface area contributed by atoms with Crippen molar-refractivity contribution in [2.24, 2.45) is 5.73 Å². The van der Waals surface area contributed by atoms with Gasteiger partial charge in [-0.1, -0.05) is 12.1 Å². The van der Waals surface area contributed by atoms with E-state index in [1.165, 1.54) is 0 Å². The van der Waals surface area contributed by atoms with E-state index < -0.39 is 0 Å². The molecule has 1 unspecified atom stereocenters. The Kier molecular flexibility index (Phi) is 3.25. The summed E-state index contributed by atoms with van der Waals surface area (Å²) < 4.78 is 10.8. The zero-order valence-electron chi connectivity index (χ0n) is 9.90. The summed E-state index contributed by atoms with van der Waals surface area (Å²) in [6.07, 6.45) is 3.76. The van der Waals surface area contributed by atoms with Gasteiger partial charge in [0.25, 0.3) is 0 Å². The lowest BCUT2D eigenvalue weighted by Gasteiger charge is -2.33. The third kappa shape index (κ3) is 1.97. The second kappa shape index (κ2) is 4.51. The molecule has 1 aromatic heterocycles. The molecular formula is C11H19N3O2. The van der Waals surface area contributed by atoms with Gasteiger partial charge in [0.05, 0.1) is 5.54 Å². The minimum atomic E-state index is -0.379. The van der Waals surface area contributed by atoms with Gasteiger partial charge >= 0.3 is 0 Å². The number of ether oxygens (including phenoxy) is 1. The Morgan fingerprint density at radius 3 is 2.75 bits per heavy atom. The summed E-state index contributed by atoms with van der Waals surface area (Å²) in [4.78, 5) is 4.37. The summed E-state index contributed by atoms with van der Waals surface area (Å²) in [6, 6.07) is 0. The topological polar surface area (TPSA) is 74.2 Å². The third-order valence-corrected chi connectivity index (χ3v) is 3.14. The first-order valence-electron chi connectivity index (χ1n) is 5.94. The number of nitrogens with zero attached hydrogens (tertiary/aromatic N) is 2. The predicted molar refractivity (Wildman–Crippen MR) is 58.7 cm³/mol. The summed E-state index contributed by atoms with van der Waals surface area (Å²) >= 11 is 0. The number of hydrogen-bond donors (Lipinski definition) is 1. The van der Waals surface area contributed by atoms with E-state index in [1.807, 2.05) is 13.8 Å². The Bertz CT molecular complexity index is 347. The molecule has 1 heterocycles. The molecule has 16 heavy (non-hydrogen) atoms. The molecule has 0 bridgehead atoms. The average molecular weight is 225 g/mol. The maximum atomic E-state index is 6.12. The molecule has 1 aromatic rings. The molecule has 90 valence electrons. The normalized spacial score (nSPS) is 20.4. The van der Waals surface area contributed by atoms with Crippen LogP contribution < -0.4 is 5.73 Å². The molecule has 5 heteroatoms. The molecule has 1 saturated carbocycles. The second-order valence-electron chi connectivity index (χ2n) is 4.32. The number of aromatic nitrogens is 2. The summed E-state index contributed by atoms with van der Waals surface area (Å²) in [6.45, 7) is 4.65. The van der Waals surface area contributed by atoms with E-state index in [4.69, 9.17) is 15.0 Å². The standard InChI is InChI=1S/C11H19N3O2/c1-3-8(15-4-2)9-13-10(16-14-9)11(12)6-5-7-11/h8H,3-7,12H2,1-2H3. The van der Waals surface area contributed by atoms with Crippen molar-refractivity contribution in [2.45, 2.75) is 51.2 Å². The van der Waals surface area contributed by atoms with Gasteiger partial charge in [-0.3, -0.25) is 0 Å². The molecule has 2 rings (SSSR count). The average Bonchev–Trinajstić information content (AvgIpc) is 2.72. The molecule has 1 aliphatic carbocycles. The van der Waals surface area contributed by atoms with Crippen LogP contribution in [0, 0.1) is 0 Å². The van der Waals surface area contributed by atoms with E-state index in [1.54, 1.807) is 0 Å². The second-order valence-corrected chi connectivity index (χ2v) is 4.32. The van der Waals surface area contributed by atoms with Crippen LogP contribution in [0.5, 0.6) is 0 Å².